The second-order valence-electron chi connectivity index (χ2n) is 2.53. The molecular formula is C7H9ClN2O. The van der Waals surface area contributed by atoms with Crippen molar-refractivity contribution in [3.05, 3.63) is 11.8 Å². The molecule has 11 heavy (non-hydrogen) atoms. The van der Waals surface area contributed by atoms with Gasteiger partial charge in [0.25, 0.3) is 0 Å². The minimum absolute atomic E-state index is 0.462. The van der Waals surface area contributed by atoms with Crippen molar-refractivity contribution in [2.75, 3.05) is 6.61 Å². The van der Waals surface area contributed by atoms with Crippen molar-refractivity contribution < 1.29 is 4.74 Å². The lowest BCUT2D eigenvalue weighted by Gasteiger charge is -2.13. The number of halogens is 1. The first-order valence-corrected chi connectivity index (χ1v) is 4.19. The molecular weight excluding hydrogens is 164 g/mol. The standard InChI is InChI=1S/C7H9ClN2O/c8-5-6-4-7-10(9-6)2-1-3-11-7/h4H,1-3,5H2. The molecule has 0 N–H and O–H groups in total. The van der Waals surface area contributed by atoms with Gasteiger partial charge in [0, 0.05) is 19.0 Å². The van der Waals surface area contributed by atoms with Crippen LogP contribution in [0, 0.1) is 0 Å². The van der Waals surface area contributed by atoms with Gasteiger partial charge in [-0.25, -0.2) is 4.68 Å². The number of aryl methyl sites for hydroxylation is 1. The third-order valence-electron chi connectivity index (χ3n) is 1.69. The highest BCUT2D eigenvalue weighted by Gasteiger charge is 2.11. The molecule has 0 aromatic carbocycles. The molecule has 0 aliphatic carbocycles. The lowest BCUT2D eigenvalue weighted by Crippen LogP contribution is -2.14. The van der Waals surface area contributed by atoms with E-state index >= 15 is 0 Å². The van der Waals surface area contributed by atoms with Gasteiger partial charge in [-0.05, 0) is 0 Å². The number of rotatable bonds is 1. The predicted octanol–water partition coefficient (Wildman–Crippen LogP) is 1.40. The van der Waals surface area contributed by atoms with Crippen LogP contribution in [-0.2, 0) is 12.4 Å². The molecule has 1 aromatic heterocycles. The monoisotopic (exact) mass is 172 g/mol. The molecule has 0 fully saturated rings. The van der Waals surface area contributed by atoms with E-state index in [1.807, 2.05) is 10.7 Å². The van der Waals surface area contributed by atoms with Gasteiger partial charge in [0.2, 0.25) is 5.88 Å². The summed E-state index contributed by atoms with van der Waals surface area (Å²) in [4.78, 5) is 0. The number of aromatic nitrogens is 2. The summed E-state index contributed by atoms with van der Waals surface area (Å²) in [5, 5.41) is 4.23. The Hall–Kier alpha value is -0.700. The van der Waals surface area contributed by atoms with Gasteiger partial charge in [-0.15, -0.1) is 11.6 Å². The van der Waals surface area contributed by atoms with Crippen LogP contribution in [0.5, 0.6) is 5.88 Å². The Morgan fingerprint density at radius 1 is 1.73 bits per heavy atom. The van der Waals surface area contributed by atoms with Crippen LogP contribution in [-0.4, -0.2) is 16.4 Å². The van der Waals surface area contributed by atoms with Gasteiger partial charge < -0.3 is 4.74 Å². The maximum Gasteiger partial charge on any atom is 0.212 e. The van der Waals surface area contributed by atoms with Crippen LogP contribution in [0.3, 0.4) is 0 Å². The second-order valence-corrected chi connectivity index (χ2v) is 2.80. The maximum absolute atomic E-state index is 5.62. The minimum Gasteiger partial charge on any atom is -0.478 e. The number of hydrogen-bond donors (Lipinski definition) is 0. The van der Waals surface area contributed by atoms with Gasteiger partial charge in [-0.1, -0.05) is 0 Å². The van der Waals surface area contributed by atoms with Crippen molar-refractivity contribution in [1.82, 2.24) is 9.78 Å². The van der Waals surface area contributed by atoms with Gasteiger partial charge in [0.05, 0.1) is 18.2 Å². The summed E-state index contributed by atoms with van der Waals surface area (Å²) in [7, 11) is 0. The van der Waals surface area contributed by atoms with Crippen LogP contribution in [0.15, 0.2) is 6.07 Å². The van der Waals surface area contributed by atoms with E-state index in [9.17, 15) is 0 Å². The Kier molecular flexibility index (Phi) is 1.74. The first-order chi connectivity index (χ1) is 5.40. The van der Waals surface area contributed by atoms with E-state index in [4.69, 9.17) is 16.3 Å². The largest absolute Gasteiger partial charge is 0.478 e. The fraction of sp³-hybridized carbons (Fsp3) is 0.571. The highest BCUT2D eigenvalue weighted by molar-refractivity contribution is 6.16. The van der Waals surface area contributed by atoms with Gasteiger partial charge >= 0.3 is 0 Å². The molecule has 0 spiro atoms. The third-order valence-corrected chi connectivity index (χ3v) is 1.97. The van der Waals surface area contributed by atoms with Gasteiger partial charge in [0.1, 0.15) is 0 Å². The van der Waals surface area contributed by atoms with E-state index in [1.54, 1.807) is 0 Å². The normalized spacial score (nSPS) is 15.7. The average Bonchev–Trinajstić information content (AvgIpc) is 2.46. The van der Waals surface area contributed by atoms with Crippen molar-refractivity contribution in [3.63, 3.8) is 0 Å². The molecule has 2 heterocycles. The summed E-state index contributed by atoms with van der Waals surface area (Å²) in [5.41, 5.74) is 0.892. The lowest BCUT2D eigenvalue weighted by atomic mass is 10.4. The third kappa shape index (κ3) is 1.20. The molecule has 1 aliphatic rings. The second kappa shape index (κ2) is 2.74. The molecule has 0 radical (unpaired) electrons. The van der Waals surface area contributed by atoms with Crippen LogP contribution in [0.1, 0.15) is 12.1 Å². The molecule has 0 unspecified atom stereocenters. The molecule has 0 saturated heterocycles. The quantitative estimate of drug-likeness (QED) is 0.599. The molecule has 60 valence electrons. The smallest absolute Gasteiger partial charge is 0.212 e. The number of alkyl halides is 1. The number of ether oxygens (including phenoxy) is 1. The zero-order valence-electron chi connectivity index (χ0n) is 6.09. The molecule has 1 aromatic rings. The lowest BCUT2D eigenvalue weighted by molar-refractivity contribution is 0.230. The van der Waals surface area contributed by atoms with Crippen LogP contribution >= 0.6 is 11.6 Å². The fourth-order valence-electron chi connectivity index (χ4n) is 1.18. The average molecular weight is 173 g/mol. The van der Waals surface area contributed by atoms with Crippen LogP contribution in [0.4, 0.5) is 0 Å². The SMILES string of the molecule is ClCc1cc2n(n1)CCCO2. The predicted molar refractivity (Wildman–Crippen MR) is 41.9 cm³/mol. The zero-order chi connectivity index (χ0) is 7.68. The number of hydrogen-bond acceptors (Lipinski definition) is 2. The summed E-state index contributed by atoms with van der Waals surface area (Å²) in [6.07, 6.45) is 1.04. The Morgan fingerprint density at radius 2 is 2.64 bits per heavy atom. The molecule has 0 atom stereocenters. The summed E-state index contributed by atoms with van der Waals surface area (Å²) in [5.74, 6) is 1.32. The Balaban J connectivity index is 2.32. The first-order valence-electron chi connectivity index (χ1n) is 3.65. The van der Waals surface area contributed by atoms with Crippen LogP contribution in [0.2, 0.25) is 0 Å². The van der Waals surface area contributed by atoms with Crippen LogP contribution < -0.4 is 4.74 Å². The fourth-order valence-corrected chi connectivity index (χ4v) is 1.31. The van der Waals surface area contributed by atoms with E-state index in [0.29, 0.717) is 5.88 Å². The first kappa shape index (κ1) is 6.98. The zero-order valence-corrected chi connectivity index (χ0v) is 6.84. The Labute approximate surface area is 69.9 Å². The van der Waals surface area contributed by atoms with E-state index < -0.39 is 0 Å². The number of fused-ring (bicyclic) bond motifs is 1. The van der Waals surface area contributed by atoms with E-state index in [2.05, 4.69) is 5.10 Å². The maximum atomic E-state index is 5.62. The highest BCUT2D eigenvalue weighted by Crippen LogP contribution is 2.18. The Morgan fingerprint density at radius 3 is 3.36 bits per heavy atom. The van der Waals surface area contributed by atoms with E-state index in [1.165, 1.54) is 0 Å². The highest BCUT2D eigenvalue weighted by atomic mass is 35.5. The Bertz CT molecular complexity index is 235. The number of nitrogens with zero attached hydrogens (tertiary/aromatic N) is 2. The van der Waals surface area contributed by atoms with Crippen molar-refractivity contribution >= 4 is 11.6 Å². The molecule has 3 nitrogen and oxygen atoms in total. The van der Waals surface area contributed by atoms with Gasteiger partial charge in [-0.3, -0.25) is 0 Å². The molecule has 0 saturated carbocycles. The van der Waals surface area contributed by atoms with Crippen LogP contribution in [0.25, 0.3) is 0 Å². The molecule has 0 bridgehead atoms. The van der Waals surface area contributed by atoms with Crippen molar-refractivity contribution in [2.45, 2.75) is 18.8 Å². The van der Waals surface area contributed by atoms with E-state index in [-0.39, 0.29) is 0 Å². The summed E-state index contributed by atoms with van der Waals surface area (Å²) in [6.45, 7) is 1.75. The van der Waals surface area contributed by atoms with Crippen molar-refractivity contribution in [1.29, 1.82) is 0 Å². The molecule has 4 heteroatoms. The van der Waals surface area contributed by atoms with Crippen molar-refractivity contribution in [3.8, 4) is 5.88 Å². The summed E-state index contributed by atoms with van der Waals surface area (Å²) < 4.78 is 7.21. The van der Waals surface area contributed by atoms with Gasteiger partial charge in [0.15, 0.2) is 0 Å². The summed E-state index contributed by atoms with van der Waals surface area (Å²) in [6, 6.07) is 1.90. The molecule has 1 aliphatic heterocycles. The minimum atomic E-state index is 0.462. The molecule has 0 amide bonds. The van der Waals surface area contributed by atoms with E-state index in [0.717, 1.165) is 31.1 Å². The molecule has 2 rings (SSSR count). The summed E-state index contributed by atoms with van der Waals surface area (Å²) >= 11 is 5.62. The topological polar surface area (TPSA) is 27.1 Å². The van der Waals surface area contributed by atoms with Crippen molar-refractivity contribution in [2.24, 2.45) is 0 Å². The van der Waals surface area contributed by atoms with Gasteiger partial charge in [-0.2, -0.15) is 5.10 Å².